The summed E-state index contributed by atoms with van der Waals surface area (Å²) in [4.78, 5) is 45.1. The molecule has 2 fully saturated rings. The fraction of sp³-hybridized carbons (Fsp3) is 0.429. The van der Waals surface area contributed by atoms with Crippen LogP contribution in [0.5, 0.6) is 0 Å². The van der Waals surface area contributed by atoms with Crippen LogP contribution in [0.3, 0.4) is 0 Å². The van der Waals surface area contributed by atoms with Crippen LogP contribution in [0, 0.1) is 0 Å². The number of benzene rings is 2. The predicted molar refractivity (Wildman–Crippen MR) is 139 cm³/mol. The third kappa shape index (κ3) is 5.42. The molecule has 1 atom stereocenters. The number of esters is 1. The molecule has 2 heterocycles. The zero-order chi connectivity index (χ0) is 25.1. The number of para-hydroxylation sites is 1. The maximum Gasteiger partial charge on any atom is 0.307 e. The lowest BCUT2D eigenvalue weighted by molar-refractivity contribution is -0.153. The topological polar surface area (TPSA) is 93.5 Å². The molecule has 3 aromatic rings. The molecular formula is C28H32N4O4. The third-order valence-electron chi connectivity index (χ3n) is 6.88. The highest BCUT2D eigenvalue weighted by molar-refractivity contribution is 5.95. The molecule has 1 aliphatic heterocycles. The number of carbonyl (C=O) groups excluding carboxylic acids is 2. The summed E-state index contributed by atoms with van der Waals surface area (Å²) in [6, 6.07) is 15.2. The van der Waals surface area contributed by atoms with Crippen LogP contribution in [-0.4, -0.2) is 40.6 Å². The molecule has 36 heavy (non-hydrogen) atoms. The second kappa shape index (κ2) is 10.5. The van der Waals surface area contributed by atoms with Gasteiger partial charge in [0, 0.05) is 36.9 Å². The minimum atomic E-state index is -0.936. The van der Waals surface area contributed by atoms with Crippen LogP contribution >= 0.6 is 0 Å². The van der Waals surface area contributed by atoms with Gasteiger partial charge in [-0.1, -0.05) is 12.1 Å². The number of nitrogens with zero attached hydrogens (tertiary/aromatic N) is 3. The lowest BCUT2D eigenvalue weighted by Gasteiger charge is -2.28. The van der Waals surface area contributed by atoms with Gasteiger partial charge in [0.1, 0.15) is 5.82 Å². The van der Waals surface area contributed by atoms with Gasteiger partial charge >= 0.3 is 5.97 Å². The molecule has 2 aliphatic rings. The van der Waals surface area contributed by atoms with Gasteiger partial charge in [-0.25, -0.2) is 4.98 Å². The van der Waals surface area contributed by atoms with Crippen molar-refractivity contribution in [3.05, 3.63) is 64.7 Å². The van der Waals surface area contributed by atoms with Gasteiger partial charge in [0.25, 0.3) is 11.5 Å². The minimum Gasteiger partial charge on any atom is -0.453 e. The van der Waals surface area contributed by atoms with Crippen LogP contribution in [0.1, 0.15) is 57.3 Å². The van der Waals surface area contributed by atoms with Crippen LogP contribution < -0.4 is 15.8 Å². The van der Waals surface area contributed by atoms with Crippen LogP contribution in [0.25, 0.3) is 10.9 Å². The van der Waals surface area contributed by atoms with E-state index < -0.39 is 12.1 Å². The Labute approximate surface area is 210 Å². The Bertz CT molecular complexity index is 1310. The summed E-state index contributed by atoms with van der Waals surface area (Å²) in [5, 5.41) is 3.41. The van der Waals surface area contributed by atoms with E-state index in [2.05, 4.69) is 15.2 Å². The Morgan fingerprint density at radius 3 is 2.50 bits per heavy atom. The molecule has 1 amide bonds. The van der Waals surface area contributed by atoms with E-state index in [1.165, 1.54) is 19.3 Å². The van der Waals surface area contributed by atoms with Crippen molar-refractivity contribution in [2.75, 3.05) is 23.3 Å². The monoisotopic (exact) mass is 488 g/mol. The van der Waals surface area contributed by atoms with Crippen LogP contribution in [0.15, 0.2) is 53.3 Å². The van der Waals surface area contributed by atoms with Crippen LogP contribution in [0.4, 0.5) is 11.4 Å². The lowest BCUT2D eigenvalue weighted by atomic mass is 10.1. The smallest absolute Gasteiger partial charge is 0.307 e. The summed E-state index contributed by atoms with van der Waals surface area (Å²) in [5.74, 6) is -0.292. The highest BCUT2D eigenvalue weighted by Gasteiger charge is 2.28. The first-order valence-electron chi connectivity index (χ1n) is 12.8. The second-order valence-corrected chi connectivity index (χ2v) is 9.67. The second-order valence-electron chi connectivity index (χ2n) is 9.67. The maximum atomic E-state index is 13.0. The zero-order valence-electron chi connectivity index (χ0n) is 20.6. The molecular weight excluding hydrogens is 456 g/mol. The quantitative estimate of drug-likeness (QED) is 0.477. The predicted octanol–water partition coefficient (Wildman–Crippen LogP) is 4.22. The Morgan fingerprint density at radius 1 is 1.06 bits per heavy atom. The summed E-state index contributed by atoms with van der Waals surface area (Å²) < 4.78 is 7.11. The maximum absolute atomic E-state index is 13.0. The van der Waals surface area contributed by atoms with Crippen molar-refractivity contribution in [2.24, 2.45) is 0 Å². The van der Waals surface area contributed by atoms with Crippen molar-refractivity contribution < 1.29 is 14.3 Å². The van der Waals surface area contributed by atoms with Crippen molar-refractivity contribution in [3.8, 4) is 0 Å². The van der Waals surface area contributed by atoms with Crippen molar-refractivity contribution in [1.29, 1.82) is 0 Å². The van der Waals surface area contributed by atoms with Gasteiger partial charge in [-0.2, -0.15) is 0 Å². The van der Waals surface area contributed by atoms with E-state index in [4.69, 9.17) is 4.74 Å². The number of nitrogens with one attached hydrogen (secondary N) is 1. The van der Waals surface area contributed by atoms with Crippen molar-refractivity contribution in [1.82, 2.24) is 9.55 Å². The summed E-state index contributed by atoms with van der Waals surface area (Å²) >= 11 is 0. The van der Waals surface area contributed by atoms with E-state index in [1.54, 1.807) is 23.6 Å². The number of anilines is 2. The first-order valence-corrected chi connectivity index (χ1v) is 12.8. The SMILES string of the molecule is CC(OC(=O)CCc1nc2ccccc2c(=O)n1C1CC1)C(=O)Nc1ccc(N2CCCCC2)cc1. The number of aromatic nitrogens is 2. The molecule has 188 valence electrons. The van der Waals surface area contributed by atoms with E-state index in [0.717, 1.165) is 31.6 Å². The average Bonchev–Trinajstić information content (AvgIpc) is 3.73. The number of piperidine rings is 1. The number of rotatable bonds is 8. The summed E-state index contributed by atoms with van der Waals surface area (Å²) in [6.07, 6.45) is 4.95. The van der Waals surface area contributed by atoms with E-state index in [1.807, 2.05) is 36.4 Å². The number of hydrogen-bond acceptors (Lipinski definition) is 6. The largest absolute Gasteiger partial charge is 0.453 e. The molecule has 0 bridgehead atoms. The Hall–Kier alpha value is -3.68. The molecule has 1 unspecified atom stereocenters. The summed E-state index contributed by atoms with van der Waals surface area (Å²) in [5.41, 5.74) is 2.38. The van der Waals surface area contributed by atoms with Crippen molar-refractivity contribution in [3.63, 3.8) is 0 Å². The van der Waals surface area contributed by atoms with Gasteiger partial charge in [0.05, 0.1) is 17.3 Å². The fourth-order valence-corrected chi connectivity index (χ4v) is 4.75. The molecule has 8 heteroatoms. The Balaban J connectivity index is 1.16. The van der Waals surface area contributed by atoms with E-state index in [0.29, 0.717) is 22.4 Å². The Morgan fingerprint density at radius 2 is 1.78 bits per heavy atom. The first kappa shape index (κ1) is 24.0. The molecule has 1 aliphatic carbocycles. The number of amides is 1. The number of ether oxygens (including phenoxy) is 1. The zero-order valence-corrected chi connectivity index (χ0v) is 20.6. The molecule has 0 radical (unpaired) electrons. The van der Waals surface area contributed by atoms with Gasteiger partial charge in [-0.05, 0) is 75.4 Å². The van der Waals surface area contributed by atoms with Gasteiger partial charge in [-0.15, -0.1) is 0 Å². The number of aryl methyl sites for hydroxylation is 1. The number of carbonyl (C=O) groups is 2. The molecule has 2 aromatic carbocycles. The molecule has 1 saturated heterocycles. The average molecular weight is 489 g/mol. The first-order chi connectivity index (χ1) is 17.5. The highest BCUT2D eigenvalue weighted by atomic mass is 16.5. The third-order valence-corrected chi connectivity index (χ3v) is 6.88. The number of fused-ring (bicyclic) bond motifs is 1. The fourth-order valence-electron chi connectivity index (χ4n) is 4.75. The van der Waals surface area contributed by atoms with Gasteiger partial charge in [0.2, 0.25) is 0 Å². The van der Waals surface area contributed by atoms with Crippen molar-refractivity contribution in [2.45, 2.75) is 64.0 Å². The standard InChI is InChI=1S/C28H32N4O4/c1-19(27(34)29-20-9-11-21(12-10-20)31-17-5-2-6-18-31)36-26(33)16-15-25-30-24-8-4-3-7-23(24)28(35)32(25)22-13-14-22/h3-4,7-12,19,22H,2,5-6,13-18H2,1H3,(H,29,34). The highest BCUT2D eigenvalue weighted by Crippen LogP contribution is 2.35. The molecule has 1 aromatic heterocycles. The summed E-state index contributed by atoms with van der Waals surface area (Å²) in [6.45, 7) is 3.68. The molecule has 8 nitrogen and oxygen atoms in total. The molecule has 1 N–H and O–H groups in total. The van der Waals surface area contributed by atoms with E-state index in [-0.39, 0.29) is 30.3 Å². The minimum absolute atomic E-state index is 0.0413. The lowest BCUT2D eigenvalue weighted by Crippen LogP contribution is -2.31. The molecule has 5 rings (SSSR count). The van der Waals surface area contributed by atoms with E-state index >= 15 is 0 Å². The van der Waals surface area contributed by atoms with Gasteiger partial charge < -0.3 is 15.0 Å². The van der Waals surface area contributed by atoms with Crippen LogP contribution in [0.2, 0.25) is 0 Å². The molecule has 0 spiro atoms. The summed E-state index contributed by atoms with van der Waals surface area (Å²) in [7, 11) is 0. The van der Waals surface area contributed by atoms with Gasteiger partial charge in [0.15, 0.2) is 6.10 Å². The normalized spacial score (nSPS) is 16.5. The number of hydrogen-bond donors (Lipinski definition) is 1. The Kier molecular flexibility index (Phi) is 7.02. The molecule has 1 saturated carbocycles. The van der Waals surface area contributed by atoms with Gasteiger partial charge in [-0.3, -0.25) is 19.0 Å². The van der Waals surface area contributed by atoms with Crippen LogP contribution in [-0.2, 0) is 20.7 Å². The van der Waals surface area contributed by atoms with Crippen molar-refractivity contribution >= 4 is 34.2 Å². The van der Waals surface area contributed by atoms with E-state index in [9.17, 15) is 14.4 Å².